The zero-order chi connectivity index (χ0) is 14.2. The van der Waals surface area contributed by atoms with Gasteiger partial charge in [0.15, 0.2) is 0 Å². The molecular weight excluding hydrogens is 244 g/mol. The second kappa shape index (κ2) is 8.43. The van der Waals surface area contributed by atoms with E-state index in [4.69, 9.17) is 5.73 Å². The van der Waals surface area contributed by atoms with E-state index in [9.17, 15) is 0 Å². The molecule has 112 valence electrons. The highest BCUT2D eigenvalue weighted by molar-refractivity contribution is 5.14. The predicted octanol–water partition coefficient (Wildman–Crippen LogP) is 3.60. The SMILES string of the molecule is CCC1CCCCCN1C(CN)CCc1ccccc1. The molecular formula is C18H30N2. The Morgan fingerprint density at radius 1 is 1.20 bits per heavy atom. The van der Waals surface area contributed by atoms with Gasteiger partial charge in [-0.25, -0.2) is 0 Å². The molecule has 1 aliphatic rings. The summed E-state index contributed by atoms with van der Waals surface area (Å²) < 4.78 is 0. The number of hydrogen-bond donors (Lipinski definition) is 1. The van der Waals surface area contributed by atoms with Crippen LogP contribution in [0.1, 0.15) is 51.0 Å². The van der Waals surface area contributed by atoms with Crippen molar-refractivity contribution in [3.05, 3.63) is 35.9 Å². The van der Waals surface area contributed by atoms with Crippen molar-refractivity contribution < 1.29 is 0 Å². The van der Waals surface area contributed by atoms with Crippen molar-refractivity contribution >= 4 is 0 Å². The summed E-state index contributed by atoms with van der Waals surface area (Å²) in [4.78, 5) is 2.72. The van der Waals surface area contributed by atoms with E-state index in [0.717, 1.165) is 19.0 Å². The van der Waals surface area contributed by atoms with Crippen LogP contribution in [-0.4, -0.2) is 30.1 Å². The van der Waals surface area contributed by atoms with Crippen LogP contribution >= 0.6 is 0 Å². The first-order valence-corrected chi connectivity index (χ1v) is 8.35. The lowest BCUT2D eigenvalue weighted by Crippen LogP contribution is -2.46. The Hall–Kier alpha value is -0.860. The molecule has 2 N–H and O–H groups in total. The number of nitrogens with zero attached hydrogens (tertiary/aromatic N) is 1. The van der Waals surface area contributed by atoms with Crippen LogP contribution in [0.25, 0.3) is 0 Å². The van der Waals surface area contributed by atoms with Gasteiger partial charge in [-0.1, -0.05) is 50.1 Å². The Bertz CT molecular complexity index is 363. The van der Waals surface area contributed by atoms with Gasteiger partial charge in [0, 0.05) is 18.6 Å². The Balaban J connectivity index is 1.95. The van der Waals surface area contributed by atoms with Crippen LogP contribution in [0.4, 0.5) is 0 Å². The van der Waals surface area contributed by atoms with Gasteiger partial charge in [0.05, 0.1) is 0 Å². The van der Waals surface area contributed by atoms with Gasteiger partial charge >= 0.3 is 0 Å². The molecule has 1 aromatic rings. The Morgan fingerprint density at radius 3 is 2.70 bits per heavy atom. The van der Waals surface area contributed by atoms with Crippen molar-refractivity contribution in [2.24, 2.45) is 5.73 Å². The van der Waals surface area contributed by atoms with E-state index < -0.39 is 0 Å². The van der Waals surface area contributed by atoms with Crippen molar-refractivity contribution in [1.29, 1.82) is 0 Å². The predicted molar refractivity (Wildman–Crippen MR) is 86.9 cm³/mol. The van der Waals surface area contributed by atoms with Gasteiger partial charge in [0.25, 0.3) is 0 Å². The van der Waals surface area contributed by atoms with Gasteiger partial charge in [-0.15, -0.1) is 0 Å². The van der Waals surface area contributed by atoms with Crippen LogP contribution in [0.3, 0.4) is 0 Å². The summed E-state index contributed by atoms with van der Waals surface area (Å²) in [5.41, 5.74) is 7.53. The van der Waals surface area contributed by atoms with E-state index in [-0.39, 0.29) is 0 Å². The molecule has 1 heterocycles. The third kappa shape index (κ3) is 4.32. The highest BCUT2D eigenvalue weighted by Gasteiger charge is 2.25. The molecule has 2 unspecified atom stereocenters. The van der Waals surface area contributed by atoms with E-state index >= 15 is 0 Å². The highest BCUT2D eigenvalue weighted by Crippen LogP contribution is 2.23. The van der Waals surface area contributed by atoms with Gasteiger partial charge in [0.1, 0.15) is 0 Å². The average molecular weight is 274 g/mol. The van der Waals surface area contributed by atoms with Crippen LogP contribution in [0, 0.1) is 0 Å². The topological polar surface area (TPSA) is 29.3 Å². The van der Waals surface area contributed by atoms with Gasteiger partial charge in [0.2, 0.25) is 0 Å². The molecule has 1 aliphatic heterocycles. The van der Waals surface area contributed by atoms with Crippen molar-refractivity contribution in [3.63, 3.8) is 0 Å². The molecule has 20 heavy (non-hydrogen) atoms. The summed E-state index contributed by atoms with van der Waals surface area (Å²) >= 11 is 0. The first-order valence-electron chi connectivity index (χ1n) is 8.35. The maximum atomic E-state index is 6.09. The largest absolute Gasteiger partial charge is 0.329 e. The molecule has 2 rings (SSSR count). The minimum atomic E-state index is 0.554. The van der Waals surface area contributed by atoms with E-state index in [1.54, 1.807) is 0 Å². The fourth-order valence-corrected chi connectivity index (χ4v) is 3.52. The number of aryl methyl sites for hydroxylation is 1. The van der Waals surface area contributed by atoms with Crippen molar-refractivity contribution in [2.75, 3.05) is 13.1 Å². The van der Waals surface area contributed by atoms with Crippen molar-refractivity contribution in [1.82, 2.24) is 4.90 Å². The zero-order valence-electron chi connectivity index (χ0n) is 12.9. The van der Waals surface area contributed by atoms with Gasteiger partial charge in [-0.05, 0) is 44.2 Å². The maximum absolute atomic E-state index is 6.09. The van der Waals surface area contributed by atoms with Gasteiger partial charge in [-0.3, -0.25) is 4.90 Å². The fraction of sp³-hybridized carbons (Fsp3) is 0.667. The normalized spacial score (nSPS) is 22.4. The van der Waals surface area contributed by atoms with E-state index in [2.05, 4.69) is 42.2 Å². The van der Waals surface area contributed by atoms with Crippen LogP contribution in [0.15, 0.2) is 30.3 Å². The van der Waals surface area contributed by atoms with E-state index in [1.807, 2.05) is 0 Å². The number of rotatable bonds is 6. The summed E-state index contributed by atoms with van der Waals surface area (Å²) in [6.07, 6.45) is 9.10. The molecule has 1 saturated heterocycles. The zero-order valence-corrected chi connectivity index (χ0v) is 12.9. The van der Waals surface area contributed by atoms with Crippen LogP contribution in [-0.2, 0) is 6.42 Å². The van der Waals surface area contributed by atoms with E-state index in [1.165, 1.54) is 50.6 Å². The molecule has 0 bridgehead atoms. The molecule has 2 heteroatoms. The fourth-order valence-electron chi connectivity index (χ4n) is 3.52. The number of likely N-dealkylation sites (tertiary alicyclic amines) is 1. The molecule has 1 aromatic carbocycles. The summed E-state index contributed by atoms with van der Waals surface area (Å²) in [5, 5.41) is 0. The molecule has 0 aromatic heterocycles. The minimum absolute atomic E-state index is 0.554. The lowest BCUT2D eigenvalue weighted by Gasteiger charge is -2.36. The molecule has 1 fully saturated rings. The third-order valence-corrected chi connectivity index (χ3v) is 4.74. The summed E-state index contributed by atoms with van der Waals surface area (Å²) in [6, 6.07) is 12.1. The van der Waals surface area contributed by atoms with Gasteiger partial charge < -0.3 is 5.73 Å². The van der Waals surface area contributed by atoms with Crippen LogP contribution in [0.2, 0.25) is 0 Å². The molecule has 0 aliphatic carbocycles. The van der Waals surface area contributed by atoms with Crippen molar-refractivity contribution in [2.45, 2.75) is 64.0 Å². The lowest BCUT2D eigenvalue weighted by molar-refractivity contribution is 0.129. The molecule has 2 atom stereocenters. The van der Waals surface area contributed by atoms with Crippen LogP contribution < -0.4 is 5.73 Å². The molecule has 0 spiro atoms. The Morgan fingerprint density at radius 2 is 2.00 bits per heavy atom. The van der Waals surface area contributed by atoms with Gasteiger partial charge in [-0.2, -0.15) is 0 Å². The van der Waals surface area contributed by atoms with Crippen LogP contribution in [0.5, 0.6) is 0 Å². The first-order chi connectivity index (χ1) is 9.85. The second-order valence-electron chi connectivity index (χ2n) is 6.06. The second-order valence-corrected chi connectivity index (χ2v) is 6.06. The summed E-state index contributed by atoms with van der Waals surface area (Å²) in [7, 11) is 0. The quantitative estimate of drug-likeness (QED) is 0.859. The first kappa shape index (κ1) is 15.5. The monoisotopic (exact) mass is 274 g/mol. The molecule has 2 nitrogen and oxygen atoms in total. The smallest absolute Gasteiger partial charge is 0.0224 e. The molecule has 0 amide bonds. The lowest BCUT2D eigenvalue weighted by atomic mass is 10.0. The highest BCUT2D eigenvalue weighted by atomic mass is 15.2. The Kier molecular flexibility index (Phi) is 6.55. The maximum Gasteiger partial charge on any atom is 0.0224 e. The average Bonchev–Trinajstić information content (AvgIpc) is 2.74. The standard InChI is InChI=1S/C18H30N2/c1-2-17-11-7-4-8-14-20(17)18(15-19)13-12-16-9-5-3-6-10-16/h3,5-6,9-10,17-18H,2,4,7-8,11-15,19H2,1H3. The number of nitrogens with two attached hydrogens (primary N) is 1. The minimum Gasteiger partial charge on any atom is -0.329 e. The summed E-state index contributed by atoms with van der Waals surface area (Å²) in [6.45, 7) is 4.37. The number of hydrogen-bond acceptors (Lipinski definition) is 2. The number of benzene rings is 1. The molecule has 0 radical (unpaired) electrons. The van der Waals surface area contributed by atoms with Crippen molar-refractivity contribution in [3.8, 4) is 0 Å². The Labute approximate surface area is 124 Å². The molecule has 0 saturated carbocycles. The third-order valence-electron chi connectivity index (χ3n) is 4.74. The summed E-state index contributed by atoms with van der Waals surface area (Å²) in [5.74, 6) is 0. The van der Waals surface area contributed by atoms with E-state index in [0.29, 0.717) is 6.04 Å².